The molecular formula is C18H26N2O3. The predicted molar refractivity (Wildman–Crippen MR) is 89.0 cm³/mol. The zero-order valence-corrected chi connectivity index (χ0v) is 13.8. The highest BCUT2D eigenvalue weighted by molar-refractivity contribution is 5.76. The number of hydrogen-bond donors (Lipinski definition) is 1. The van der Waals surface area contributed by atoms with Gasteiger partial charge in [-0.05, 0) is 43.7 Å². The molecule has 0 aliphatic carbocycles. The van der Waals surface area contributed by atoms with Gasteiger partial charge in [0.1, 0.15) is 5.75 Å². The molecule has 0 aromatic heterocycles. The first-order valence-corrected chi connectivity index (χ1v) is 8.30. The summed E-state index contributed by atoms with van der Waals surface area (Å²) < 4.78 is 5.71. The van der Waals surface area contributed by atoms with Gasteiger partial charge in [0.25, 0.3) is 0 Å². The van der Waals surface area contributed by atoms with Crippen LogP contribution >= 0.6 is 0 Å². The van der Waals surface area contributed by atoms with Crippen LogP contribution in [0.4, 0.5) is 0 Å². The molecule has 0 radical (unpaired) electrons. The van der Waals surface area contributed by atoms with E-state index in [1.54, 1.807) is 0 Å². The molecule has 5 nitrogen and oxygen atoms in total. The van der Waals surface area contributed by atoms with E-state index in [0.717, 1.165) is 37.2 Å². The van der Waals surface area contributed by atoms with Gasteiger partial charge in [-0.3, -0.25) is 9.59 Å². The summed E-state index contributed by atoms with van der Waals surface area (Å²) in [6.45, 7) is 4.02. The van der Waals surface area contributed by atoms with Crippen LogP contribution in [0.15, 0.2) is 24.3 Å². The monoisotopic (exact) mass is 318 g/mol. The molecule has 126 valence electrons. The van der Waals surface area contributed by atoms with Gasteiger partial charge in [-0.2, -0.15) is 0 Å². The number of carbonyl (C=O) groups is 2. The highest BCUT2D eigenvalue weighted by Gasteiger charge is 2.23. The minimum atomic E-state index is -0.247. The van der Waals surface area contributed by atoms with Crippen molar-refractivity contribution in [3.63, 3.8) is 0 Å². The van der Waals surface area contributed by atoms with Gasteiger partial charge in [0.15, 0.2) is 0 Å². The summed E-state index contributed by atoms with van der Waals surface area (Å²) in [5.41, 5.74) is 6.33. The van der Waals surface area contributed by atoms with Crippen molar-refractivity contribution in [1.82, 2.24) is 4.90 Å². The van der Waals surface area contributed by atoms with Crippen LogP contribution in [-0.2, 0) is 9.59 Å². The first kappa shape index (κ1) is 17.3. The number of amides is 2. The van der Waals surface area contributed by atoms with Crippen LogP contribution in [0.25, 0.3) is 0 Å². The van der Waals surface area contributed by atoms with Crippen molar-refractivity contribution >= 4 is 11.8 Å². The Bertz CT molecular complexity index is 537. The number of nitrogens with two attached hydrogens (primary N) is 1. The molecule has 1 aromatic carbocycles. The van der Waals surface area contributed by atoms with E-state index in [-0.39, 0.29) is 11.8 Å². The standard InChI is InChI=1S/C18H26N2O3/c1-14-5-2-3-6-16(14)23-12-4-7-18(22)20-10-8-15(9-11-20)13-17(19)21/h2-3,5-6,15H,4,7-13H2,1H3,(H2,19,21). The summed E-state index contributed by atoms with van der Waals surface area (Å²) in [6.07, 6.45) is 3.40. The predicted octanol–water partition coefficient (Wildman–Crippen LogP) is 2.27. The Morgan fingerprint density at radius 2 is 1.96 bits per heavy atom. The van der Waals surface area contributed by atoms with E-state index in [1.165, 1.54) is 0 Å². The van der Waals surface area contributed by atoms with Crippen LogP contribution in [0, 0.1) is 12.8 Å². The number of hydrogen-bond acceptors (Lipinski definition) is 3. The van der Waals surface area contributed by atoms with E-state index in [2.05, 4.69) is 0 Å². The molecule has 5 heteroatoms. The number of rotatable bonds is 7. The molecule has 0 spiro atoms. The fourth-order valence-corrected chi connectivity index (χ4v) is 2.95. The summed E-state index contributed by atoms with van der Waals surface area (Å²) in [5, 5.41) is 0. The molecule has 1 aliphatic rings. The molecule has 1 saturated heterocycles. The van der Waals surface area contributed by atoms with E-state index in [0.29, 0.717) is 31.8 Å². The maximum Gasteiger partial charge on any atom is 0.222 e. The number of piperidine rings is 1. The molecule has 0 unspecified atom stereocenters. The minimum Gasteiger partial charge on any atom is -0.493 e. The van der Waals surface area contributed by atoms with E-state index < -0.39 is 0 Å². The smallest absolute Gasteiger partial charge is 0.222 e. The van der Waals surface area contributed by atoms with Crippen molar-refractivity contribution in [2.24, 2.45) is 11.7 Å². The van der Waals surface area contributed by atoms with Gasteiger partial charge in [0, 0.05) is 25.9 Å². The van der Waals surface area contributed by atoms with Crippen LogP contribution in [0.2, 0.25) is 0 Å². The van der Waals surface area contributed by atoms with E-state index in [1.807, 2.05) is 36.1 Å². The number of para-hydroxylation sites is 1. The molecular weight excluding hydrogens is 292 g/mol. The highest BCUT2D eigenvalue weighted by atomic mass is 16.5. The fraction of sp³-hybridized carbons (Fsp3) is 0.556. The Morgan fingerprint density at radius 1 is 1.26 bits per heavy atom. The van der Waals surface area contributed by atoms with Crippen molar-refractivity contribution in [3.05, 3.63) is 29.8 Å². The van der Waals surface area contributed by atoms with E-state index in [4.69, 9.17) is 10.5 Å². The Kier molecular flexibility index (Phi) is 6.44. The van der Waals surface area contributed by atoms with Crippen molar-refractivity contribution in [1.29, 1.82) is 0 Å². The number of likely N-dealkylation sites (tertiary alicyclic amines) is 1. The van der Waals surface area contributed by atoms with Crippen LogP contribution in [0.5, 0.6) is 5.75 Å². The third kappa shape index (κ3) is 5.58. The maximum atomic E-state index is 12.2. The van der Waals surface area contributed by atoms with Gasteiger partial charge < -0.3 is 15.4 Å². The van der Waals surface area contributed by atoms with Crippen LogP contribution < -0.4 is 10.5 Å². The molecule has 2 amide bonds. The van der Waals surface area contributed by atoms with Crippen molar-refractivity contribution < 1.29 is 14.3 Å². The zero-order valence-electron chi connectivity index (χ0n) is 13.8. The second-order valence-corrected chi connectivity index (χ2v) is 6.21. The number of nitrogens with zero attached hydrogens (tertiary/aromatic N) is 1. The van der Waals surface area contributed by atoms with Gasteiger partial charge >= 0.3 is 0 Å². The number of ether oxygens (including phenoxy) is 1. The van der Waals surface area contributed by atoms with Crippen molar-refractivity contribution in [2.45, 2.75) is 39.0 Å². The second kappa shape index (κ2) is 8.56. The van der Waals surface area contributed by atoms with E-state index >= 15 is 0 Å². The minimum absolute atomic E-state index is 0.177. The van der Waals surface area contributed by atoms with Gasteiger partial charge in [0.2, 0.25) is 11.8 Å². The highest BCUT2D eigenvalue weighted by Crippen LogP contribution is 2.21. The summed E-state index contributed by atoms with van der Waals surface area (Å²) in [4.78, 5) is 25.0. The van der Waals surface area contributed by atoms with Gasteiger partial charge in [-0.1, -0.05) is 18.2 Å². The van der Waals surface area contributed by atoms with Crippen molar-refractivity contribution in [3.8, 4) is 5.75 Å². The first-order valence-electron chi connectivity index (χ1n) is 8.30. The average Bonchev–Trinajstić information content (AvgIpc) is 2.53. The lowest BCUT2D eigenvalue weighted by Crippen LogP contribution is -2.39. The maximum absolute atomic E-state index is 12.2. The van der Waals surface area contributed by atoms with Crippen LogP contribution in [-0.4, -0.2) is 36.4 Å². The van der Waals surface area contributed by atoms with Gasteiger partial charge in [-0.15, -0.1) is 0 Å². The number of carbonyl (C=O) groups excluding carboxylic acids is 2. The normalized spacial score (nSPS) is 15.4. The van der Waals surface area contributed by atoms with E-state index in [9.17, 15) is 9.59 Å². The number of primary amides is 1. The molecule has 0 bridgehead atoms. The number of aryl methyl sites for hydroxylation is 1. The Balaban J connectivity index is 1.64. The average molecular weight is 318 g/mol. The molecule has 1 heterocycles. The third-order valence-electron chi connectivity index (χ3n) is 4.34. The van der Waals surface area contributed by atoms with Crippen molar-refractivity contribution in [2.75, 3.05) is 19.7 Å². The number of benzene rings is 1. The lowest BCUT2D eigenvalue weighted by molar-refractivity contribution is -0.132. The summed E-state index contributed by atoms with van der Waals surface area (Å²) in [5.74, 6) is 1.15. The zero-order chi connectivity index (χ0) is 16.7. The topological polar surface area (TPSA) is 72.6 Å². The first-order chi connectivity index (χ1) is 11.1. The summed E-state index contributed by atoms with van der Waals surface area (Å²) in [7, 11) is 0. The largest absolute Gasteiger partial charge is 0.493 e. The van der Waals surface area contributed by atoms with Gasteiger partial charge in [0.05, 0.1) is 6.61 Å². The molecule has 1 aromatic rings. The Labute approximate surface area is 137 Å². The quantitative estimate of drug-likeness (QED) is 0.784. The Morgan fingerprint density at radius 3 is 2.61 bits per heavy atom. The summed E-state index contributed by atoms with van der Waals surface area (Å²) in [6, 6.07) is 7.88. The molecule has 0 saturated carbocycles. The Hall–Kier alpha value is -2.04. The molecule has 23 heavy (non-hydrogen) atoms. The SMILES string of the molecule is Cc1ccccc1OCCCC(=O)N1CCC(CC(N)=O)CC1. The molecule has 2 rings (SSSR count). The second-order valence-electron chi connectivity index (χ2n) is 6.21. The fourth-order valence-electron chi connectivity index (χ4n) is 2.95. The van der Waals surface area contributed by atoms with Crippen LogP contribution in [0.1, 0.15) is 37.7 Å². The molecule has 1 fully saturated rings. The lowest BCUT2D eigenvalue weighted by atomic mass is 9.93. The molecule has 1 aliphatic heterocycles. The van der Waals surface area contributed by atoms with Gasteiger partial charge in [-0.25, -0.2) is 0 Å². The molecule has 2 N–H and O–H groups in total. The molecule has 0 atom stereocenters. The third-order valence-corrected chi connectivity index (χ3v) is 4.34. The lowest BCUT2D eigenvalue weighted by Gasteiger charge is -2.31. The van der Waals surface area contributed by atoms with Crippen LogP contribution in [0.3, 0.4) is 0 Å². The summed E-state index contributed by atoms with van der Waals surface area (Å²) >= 11 is 0.